The van der Waals surface area contributed by atoms with Gasteiger partial charge < -0.3 is 4.42 Å². The van der Waals surface area contributed by atoms with Crippen LogP contribution in [0.2, 0.25) is 0 Å². The summed E-state index contributed by atoms with van der Waals surface area (Å²) in [5.41, 5.74) is 0. The Morgan fingerprint density at radius 3 is 3.10 bits per heavy atom. The fraction of sp³-hybridized carbons (Fsp3) is 0.286. The molecule has 0 atom stereocenters. The highest BCUT2D eigenvalue weighted by molar-refractivity contribution is 8.22. The first-order valence-corrected chi connectivity index (χ1v) is 4.34. The van der Waals surface area contributed by atoms with Crippen molar-refractivity contribution in [3.05, 3.63) is 24.2 Å². The predicted molar refractivity (Wildman–Crippen MR) is 48.3 cm³/mol. The summed E-state index contributed by atoms with van der Waals surface area (Å²) in [6.45, 7) is 1.92. The molecule has 0 unspecified atom stereocenters. The number of hydrogen-bond donors (Lipinski definition) is 0. The van der Waals surface area contributed by atoms with Gasteiger partial charge in [0.1, 0.15) is 5.76 Å². The van der Waals surface area contributed by atoms with Crippen LogP contribution in [0.5, 0.6) is 0 Å². The van der Waals surface area contributed by atoms with Crippen molar-refractivity contribution in [1.82, 2.24) is 0 Å². The van der Waals surface area contributed by atoms with Crippen molar-refractivity contribution in [2.45, 2.75) is 12.7 Å². The van der Waals surface area contributed by atoms with Gasteiger partial charge in [0, 0.05) is 4.20 Å². The van der Waals surface area contributed by atoms with Crippen LogP contribution in [0.1, 0.15) is 12.7 Å². The largest absolute Gasteiger partial charge is 0.468 e. The first kappa shape index (κ1) is 7.82. The average Bonchev–Trinajstić information content (AvgIpc) is 2.34. The average molecular weight is 172 g/mol. The molecule has 1 heterocycles. The summed E-state index contributed by atoms with van der Waals surface area (Å²) in [4.78, 5) is 0. The lowest BCUT2D eigenvalue weighted by molar-refractivity contribution is 0.530. The maximum absolute atomic E-state index is 5.10. The number of furan rings is 1. The van der Waals surface area contributed by atoms with E-state index in [0.717, 1.165) is 15.7 Å². The Balaban J connectivity index is 2.35. The van der Waals surface area contributed by atoms with E-state index in [4.69, 9.17) is 16.6 Å². The highest BCUT2D eigenvalue weighted by Crippen LogP contribution is 2.13. The smallest absolute Gasteiger partial charge is 0.114 e. The molecule has 54 valence electrons. The quantitative estimate of drug-likeness (QED) is 0.637. The molecular weight excluding hydrogens is 164 g/mol. The third kappa shape index (κ3) is 2.54. The van der Waals surface area contributed by atoms with Gasteiger partial charge in [0.15, 0.2) is 0 Å². The van der Waals surface area contributed by atoms with E-state index < -0.39 is 0 Å². The summed E-state index contributed by atoms with van der Waals surface area (Å²) in [6, 6.07) is 3.83. The van der Waals surface area contributed by atoms with Crippen LogP contribution in [-0.4, -0.2) is 4.20 Å². The van der Waals surface area contributed by atoms with E-state index in [9.17, 15) is 0 Å². The Morgan fingerprint density at radius 1 is 1.80 bits per heavy atom. The van der Waals surface area contributed by atoms with Crippen LogP contribution in [0.25, 0.3) is 0 Å². The number of hydrogen-bond acceptors (Lipinski definition) is 3. The topological polar surface area (TPSA) is 13.1 Å². The Morgan fingerprint density at radius 2 is 2.60 bits per heavy atom. The van der Waals surface area contributed by atoms with Crippen molar-refractivity contribution >= 4 is 28.2 Å². The first-order chi connectivity index (χ1) is 4.79. The number of rotatable bonds is 2. The zero-order valence-electron chi connectivity index (χ0n) is 5.66. The third-order valence-corrected chi connectivity index (χ3v) is 2.19. The maximum Gasteiger partial charge on any atom is 0.114 e. The Hall–Kier alpha value is -0.280. The van der Waals surface area contributed by atoms with Gasteiger partial charge in [0.25, 0.3) is 0 Å². The molecule has 1 nitrogen and oxygen atoms in total. The second kappa shape index (κ2) is 3.78. The van der Waals surface area contributed by atoms with Crippen LogP contribution in [0, 0.1) is 0 Å². The van der Waals surface area contributed by atoms with Crippen LogP contribution in [0.4, 0.5) is 0 Å². The fourth-order valence-electron chi connectivity index (χ4n) is 0.567. The van der Waals surface area contributed by atoms with Gasteiger partial charge in [-0.2, -0.15) is 0 Å². The highest BCUT2D eigenvalue weighted by atomic mass is 32.2. The van der Waals surface area contributed by atoms with Crippen molar-refractivity contribution in [3.63, 3.8) is 0 Å². The lowest BCUT2D eigenvalue weighted by Gasteiger charge is -1.92. The molecule has 0 fully saturated rings. The highest BCUT2D eigenvalue weighted by Gasteiger charge is 1.95. The number of thioether (sulfide) groups is 1. The van der Waals surface area contributed by atoms with Gasteiger partial charge in [-0.1, -0.05) is 12.2 Å². The Bertz CT molecular complexity index is 203. The third-order valence-electron chi connectivity index (χ3n) is 0.998. The Labute approximate surface area is 69.8 Å². The zero-order valence-corrected chi connectivity index (χ0v) is 7.30. The zero-order chi connectivity index (χ0) is 7.40. The van der Waals surface area contributed by atoms with Crippen LogP contribution in [0.15, 0.2) is 22.8 Å². The standard InChI is InChI=1S/C7H8OS2/c1-6(9)10-5-7-3-2-4-8-7/h2-4H,5H2,1H3. The molecule has 1 rings (SSSR count). The van der Waals surface area contributed by atoms with E-state index in [-0.39, 0.29) is 0 Å². The van der Waals surface area contributed by atoms with Gasteiger partial charge in [-0.3, -0.25) is 0 Å². The van der Waals surface area contributed by atoms with E-state index in [1.165, 1.54) is 0 Å². The van der Waals surface area contributed by atoms with Crippen molar-refractivity contribution in [1.29, 1.82) is 0 Å². The molecule has 0 radical (unpaired) electrons. The molecule has 0 bridgehead atoms. The minimum absolute atomic E-state index is 0.850. The summed E-state index contributed by atoms with van der Waals surface area (Å²) in [5, 5.41) is 0. The molecule has 3 heteroatoms. The second-order valence-corrected chi connectivity index (χ2v) is 3.92. The van der Waals surface area contributed by atoms with Gasteiger partial charge in [0.05, 0.1) is 12.0 Å². The molecule has 0 saturated carbocycles. The van der Waals surface area contributed by atoms with E-state index in [1.54, 1.807) is 18.0 Å². The normalized spacial score (nSPS) is 9.70. The van der Waals surface area contributed by atoms with E-state index in [2.05, 4.69) is 0 Å². The molecule has 0 amide bonds. The van der Waals surface area contributed by atoms with E-state index >= 15 is 0 Å². The molecule has 0 aliphatic rings. The molecule has 0 spiro atoms. The van der Waals surface area contributed by atoms with Gasteiger partial charge in [-0.05, 0) is 19.1 Å². The monoisotopic (exact) mass is 172 g/mol. The van der Waals surface area contributed by atoms with E-state index in [0.29, 0.717) is 0 Å². The Kier molecular flexibility index (Phi) is 2.96. The van der Waals surface area contributed by atoms with Gasteiger partial charge in [0.2, 0.25) is 0 Å². The minimum Gasteiger partial charge on any atom is -0.468 e. The van der Waals surface area contributed by atoms with Gasteiger partial charge in [-0.15, -0.1) is 11.8 Å². The summed E-state index contributed by atoms with van der Waals surface area (Å²) in [5.74, 6) is 1.83. The molecule has 0 aromatic carbocycles. The predicted octanol–water partition coefficient (Wildman–Crippen LogP) is 2.86. The van der Waals surface area contributed by atoms with Crippen LogP contribution >= 0.6 is 24.0 Å². The van der Waals surface area contributed by atoms with Crippen LogP contribution in [-0.2, 0) is 5.75 Å². The lowest BCUT2D eigenvalue weighted by atomic mass is 10.5. The molecule has 0 aliphatic heterocycles. The SMILES string of the molecule is CC(=S)SCc1ccco1. The molecule has 1 aromatic rings. The van der Waals surface area contributed by atoms with Crippen molar-refractivity contribution < 1.29 is 4.42 Å². The molecule has 0 aliphatic carbocycles. The number of thiocarbonyl (C=S) groups is 1. The van der Waals surface area contributed by atoms with Gasteiger partial charge >= 0.3 is 0 Å². The fourth-order valence-corrected chi connectivity index (χ4v) is 1.25. The molecule has 0 N–H and O–H groups in total. The summed E-state index contributed by atoms with van der Waals surface area (Å²) >= 11 is 6.52. The molecule has 0 saturated heterocycles. The van der Waals surface area contributed by atoms with Crippen molar-refractivity contribution in [3.8, 4) is 0 Å². The summed E-state index contributed by atoms with van der Waals surface area (Å²) < 4.78 is 6.06. The minimum atomic E-state index is 0.850. The van der Waals surface area contributed by atoms with Crippen LogP contribution < -0.4 is 0 Å². The molecular formula is C7H8OS2. The van der Waals surface area contributed by atoms with Crippen molar-refractivity contribution in [2.75, 3.05) is 0 Å². The van der Waals surface area contributed by atoms with E-state index in [1.807, 2.05) is 19.1 Å². The lowest BCUT2D eigenvalue weighted by Crippen LogP contribution is -1.79. The van der Waals surface area contributed by atoms with Gasteiger partial charge in [-0.25, -0.2) is 0 Å². The summed E-state index contributed by atoms with van der Waals surface area (Å²) in [6.07, 6.45) is 1.68. The molecule has 1 aromatic heterocycles. The summed E-state index contributed by atoms with van der Waals surface area (Å²) in [7, 11) is 0. The van der Waals surface area contributed by atoms with Crippen molar-refractivity contribution in [2.24, 2.45) is 0 Å². The first-order valence-electron chi connectivity index (χ1n) is 2.95. The second-order valence-electron chi connectivity index (χ2n) is 1.86. The maximum atomic E-state index is 5.10. The molecule has 10 heavy (non-hydrogen) atoms. The van der Waals surface area contributed by atoms with Crippen LogP contribution in [0.3, 0.4) is 0 Å².